The number of carbonyl (C=O) groups excluding carboxylic acids is 2. The summed E-state index contributed by atoms with van der Waals surface area (Å²) in [5.41, 5.74) is 2.07. The highest BCUT2D eigenvalue weighted by Gasteiger charge is 2.34. The molecule has 162 valence electrons. The van der Waals surface area contributed by atoms with Crippen LogP contribution in [0, 0.1) is 22.9 Å². The Morgan fingerprint density at radius 1 is 1.16 bits per heavy atom. The summed E-state index contributed by atoms with van der Waals surface area (Å²) < 4.78 is 14.4. The zero-order valence-electron chi connectivity index (χ0n) is 16.8. The average molecular weight is 498 g/mol. The molecular weight excluding hydrogens is 481 g/mol. The summed E-state index contributed by atoms with van der Waals surface area (Å²) in [5, 5.41) is 14.2. The van der Waals surface area contributed by atoms with Crippen molar-refractivity contribution in [2.24, 2.45) is 0 Å². The molecule has 0 aromatic heterocycles. The van der Waals surface area contributed by atoms with Crippen LogP contribution in [-0.4, -0.2) is 28.2 Å². The molecule has 2 amide bonds. The molecule has 4 rings (SSSR count). The fourth-order valence-electron chi connectivity index (χ4n) is 3.78. The zero-order valence-corrected chi connectivity index (χ0v) is 18.4. The first-order valence-corrected chi connectivity index (χ1v) is 10.4. The number of nitro groups is 1. The van der Waals surface area contributed by atoms with E-state index in [1.165, 1.54) is 35.2 Å². The summed E-state index contributed by atoms with van der Waals surface area (Å²) in [7, 11) is 0. The third-order valence-electron chi connectivity index (χ3n) is 5.31. The van der Waals surface area contributed by atoms with Crippen LogP contribution < -0.4 is 5.32 Å². The van der Waals surface area contributed by atoms with Gasteiger partial charge in [0.25, 0.3) is 11.6 Å². The van der Waals surface area contributed by atoms with Crippen molar-refractivity contribution in [1.82, 2.24) is 4.90 Å². The van der Waals surface area contributed by atoms with Crippen LogP contribution in [-0.2, 0) is 4.79 Å². The van der Waals surface area contributed by atoms with Gasteiger partial charge in [0.2, 0.25) is 5.91 Å². The fourth-order valence-corrected chi connectivity index (χ4v) is 4.15. The predicted octanol–water partition coefficient (Wildman–Crippen LogP) is 4.99. The molecule has 1 aliphatic heterocycles. The summed E-state index contributed by atoms with van der Waals surface area (Å²) in [6, 6.07) is 14.4. The molecule has 1 aliphatic rings. The second-order valence-electron chi connectivity index (χ2n) is 7.43. The molecule has 0 spiro atoms. The molecule has 3 aromatic rings. The Kier molecular flexibility index (Phi) is 5.75. The lowest BCUT2D eigenvalue weighted by Gasteiger charge is -2.30. The lowest BCUT2D eigenvalue weighted by Crippen LogP contribution is -2.39. The quantitative estimate of drug-likeness (QED) is 0.407. The molecule has 1 heterocycles. The third kappa shape index (κ3) is 4.11. The van der Waals surface area contributed by atoms with Gasteiger partial charge >= 0.3 is 0 Å². The SMILES string of the molecule is Cc1ccc(C(=O)N2CC(=O)Nc3ccc(Br)cc3[C@H]2c2ccc(F)cc2)cc1[N+](=O)[O-]. The van der Waals surface area contributed by atoms with E-state index in [2.05, 4.69) is 21.2 Å². The van der Waals surface area contributed by atoms with Gasteiger partial charge in [-0.25, -0.2) is 4.39 Å². The monoisotopic (exact) mass is 497 g/mol. The summed E-state index contributed by atoms with van der Waals surface area (Å²) in [5.74, 6) is -1.39. The molecule has 0 bridgehead atoms. The molecule has 0 aliphatic carbocycles. The highest BCUT2D eigenvalue weighted by atomic mass is 79.9. The fraction of sp³-hybridized carbons (Fsp3) is 0.130. The number of halogens is 2. The summed E-state index contributed by atoms with van der Waals surface area (Å²) >= 11 is 3.43. The normalized spacial score (nSPS) is 15.5. The van der Waals surface area contributed by atoms with Crippen LogP contribution in [0.15, 0.2) is 65.1 Å². The van der Waals surface area contributed by atoms with E-state index in [0.717, 1.165) is 4.47 Å². The van der Waals surface area contributed by atoms with Gasteiger partial charge in [0.05, 0.1) is 11.0 Å². The van der Waals surface area contributed by atoms with Crippen LogP contribution in [0.4, 0.5) is 15.8 Å². The molecular formula is C23H17BrFN3O4. The van der Waals surface area contributed by atoms with E-state index in [0.29, 0.717) is 22.4 Å². The van der Waals surface area contributed by atoms with E-state index >= 15 is 0 Å². The summed E-state index contributed by atoms with van der Waals surface area (Å²) in [6.45, 7) is 1.30. The Labute approximate surface area is 191 Å². The molecule has 0 saturated heterocycles. The van der Waals surface area contributed by atoms with Gasteiger partial charge in [-0.1, -0.05) is 34.1 Å². The highest BCUT2D eigenvalue weighted by molar-refractivity contribution is 9.10. The number of amides is 2. The average Bonchev–Trinajstić information content (AvgIpc) is 2.89. The minimum Gasteiger partial charge on any atom is -0.324 e. The summed E-state index contributed by atoms with van der Waals surface area (Å²) in [4.78, 5) is 38.4. The lowest BCUT2D eigenvalue weighted by atomic mass is 9.95. The number of benzene rings is 3. The van der Waals surface area contributed by atoms with Crippen LogP contribution in [0.25, 0.3) is 0 Å². The van der Waals surface area contributed by atoms with Gasteiger partial charge in [-0.15, -0.1) is 0 Å². The molecule has 1 N–H and O–H groups in total. The Bertz CT molecular complexity index is 1250. The van der Waals surface area contributed by atoms with Crippen LogP contribution >= 0.6 is 15.9 Å². The number of rotatable bonds is 3. The van der Waals surface area contributed by atoms with E-state index in [-0.39, 0.29) is 17.8 Å². The maximum absolute atomic E-state index is 13.6. The van der Waals surface area contributed by atoms with Crippen molar-refractivity contribution in [2.75, 3.05) is 11.9 Å². The minimum absolute atomic E-state index is 0.0839. The standard InChI is InChI=1S/C23H17BrFN3O4/c1-13-2-3-15(10-20(13)28(31)32)23(30)27-12-21(29)26-19-9-6-16(24)11-18(19)22(27)14-4-7-17(25)8-5-14/h2-11,22H,12H2,1H3,(H,26,29)/t22-/m1/s1. The van der Waals surface area contributed by atoms with Crippen molar-refractivity contribution in [2.45, 2.75) is 13.0 Å². The van der Waals surface area contributed by atoms with Crippen LogP contribution in [0.3, 0.4) is 0 Å². The van der Waals surface area contributed by atoms with E-state index in [1.54, 1.807) is 37.3 Å². The molecule has 7 nitrogen and oxygen atoms in total. The maximum atomic E-state index is 13.6. The Morgan fingerprint density at radius 3 is 2.56 bits per heavy atom. The third-order valence-corrected chi connectivity index (χ3v) is 5.80. The summed E-state index contributed by atoms with van der Waals surface area (Å²) in [6.07, 6.45) is 0. The largest absolute Gasteiger partial charge is 0.324 e. The zero-order chi connectivity index (χ0) is 23.0. The number of nitrogens with zero attached hydrogens (tertiary/aromatic N) is 2. The van der Waals surface area contributed by atoms with E-state index in [4.69, 9.17) is 0 Å². The first-order chi connectivity index (χ1) is 15.2. The number of hydrogen-bond acceptors (Lipinski definition) is 4. The number of aryl methyl sites for hydroxylation is 1. The Morgan fingerprint density at radius 2 is 1.88 bits per heavy atom. The Balaban J connectivity index is 1.89. The number of anilines is 1. The van der Waals surface area contributed by atoms with Gasteiger partial charge in [-0.05, 0) is 48.9 Å². The molecule has 0 saturated carbocycles. The van der Waals surface area contributed by atoms with Crippen LogP contribution in [0.5, 0.6) is 0 Å². The van der Waals surface area contributed by atoms with Crippen molar-refractivity contribution in [3.05, 3.63) is 103 Å². The van der Waals surface area contributed by atoms with Crippen molar-refractivity contribution >= 4 is 39.1 Å². The number of carbonyl (C=O) groups is 2. The van der Waals surface area contributed by atoms with Gasteiger partial charge < -0.3 is 10.2 Å². The minimum atomic E-state index is -0.727. The van der Waals surface area contributed by atoms with E-state index in [9.17, 15) is 24.1 Å². The highest BCUT2D eigenvalue weighted by Crippen LogP contribution is 2.38. The van der Waals surface area contributed by atoms with Gasteiger partial charge in [-0.3, -0.25) is 19.7 Å². The molecule has 0 radical (unpaired) electrons. The molecule has 32 heavy (non-hydrogen) atoms. The molecule has 0 fully saturated rings. The topological polar surface area (TPSA) is 92.6 Å². The molecule has 3 aromatic carbocycles. The van der Waals surface area contributed by atoms with Crippen molar-refractivity contribution in [1.29, 1.82) is 0 Å². The van der Waals surface area contributed by atoms with Crippen LogP contribution in [0.1, 0.15) is 33.1 Å². The van der Waals surface area contributed by atoms with Gasteiger partial charge in [0.1, 0.15) is 12.4 Å². The van der Waals surface area contributed by atoms with Gasteiger partial charge in [-0.2, -0.15) is 0 Å². The number of fused-ring (bicyclic) bond motifs is 1. The van der Waals surface area contributed by atoms with Crippen molar-refractivity contribution < 1.29 is 18.9 Å². The Hall–Kier alpha value is -3.59. The molecule has 0 unspecified atom stereocenters. The molecule has 1 atom stereocenters. The van der Waals surface area contributed by atoms with E-state index in [1.807, 2.05) is 0 Å². The van der Waals surface area contributed by atoms with Gasteiger partial charge in [0.15, 0.2) is 0 Å². The predicted molar refractivity (Wildman–Crippen MR) is 120 cm³/mol. The smallest absolute Gasteiger partial charge is 0.273 e. The first-order valence-electron chi connectivity index (χ1n) is 9.65. The van der Waals surface area contributed by atoms with Crippen molar-refractivity contribution in [3.8, 4) is 0 Å². The molecule has 9 heteroatoms. The number of hydrogen-bond donors (Lipinski definition) is 1. The lowest BCUT2D eigenvalue weighted by molar-refractivity contribution is -0.385. The van der Waals surface area contributed by atoms with Crippen molar-refractivity contribution in [3.63, 3.8) is 0 Å². The van der Waals surface area contributed by atoms with Crippen LogP contribution in [0.2, 0.25) is 0 Å². The van der Waals surface area contributed by atoms with Gasteiger partial charge in [0, 0.05) is 32.9 Å². The second-order valence-corrected chi connectivity index (χ2v) is 8.34. The first kappa shape index (κ1) is 21.6. The maximum Gasteiger partial charge on any atom is 0.273 e. The number of nitrogens with one attached hydrogen (secondary N) is 1. The van der Waals surface area contributed by atoms with E-state index < -0.39 is 28.6 Å². The number of nitro benzene ring substituents is 1. The second kappa shape index (κ2) is 8.51.